The molecule has 0 aliphatic heterocycles. The molecule has 0 radical (unpaired) electrons. The van der Waals surface area contributed by atoms with Crippen LogP contribution in [0.25, 0.3) is 10.9 Å². The van der Waals surface area contributed by atoms with Crippen molar-refractivity contribution in [3.05, 3.63) is 34.1 Å². The predicted molar refractivity (Wildman–Crippen MR) is 64.3 cm³/mol. The molecule has 0 saturated carbocycles. The maximum atomic E-state index is 11.3. The monoisotopic (exact) mass is 206 g/mol. The Morgan fingerprint density at radius 1 is 1.33 bits per heavy atom. The summed E-state index contributed by atoms with van der Waals surface area (Å²) < 4.78 is 1.76. The van der Waals surface area contributed by atoms with Crippen molar-refractivity contribution in [1.82, 2.24) is 9.78 Å². The van der Waals surface area contributed by atoms with Crippen LogP contribution in [0.1, 0.15) is 26.3 Å². The second-order valence-corrected chi connectivity index (χ2v) is 3.20. The molecular weight excluding hydrogens is 188 g/mol. The van der Waals surface area contributed by atoms with Gasteiger partial charge in [-0.3, -0.25) is 14.6 Å². The van der Waals surface area contributed by atoms with Crippen LogP contribution >= 0.6 is 0 Å². The Morgan fingerprint density at radius 3 is 2.60 bits per heavy atom. The SMILES string of the molecule is CC.CCc1ccc2c(=O)[nH]n(C)c2c1. The third kappa shape index (κ3) is 2.12. The quantitative estimate of drug-likeness (QED) is 0.764. The van der Waals surface area contributed by atoms with Crippen LogP contribution in [0, 0.1) is 0 Å². The van der Waals surface area contributed by atoms with Crippen molar-refractivity contribution < 1.29 is 0 Å². The lowest BCUT2D eigenvalue weighted by atomic mass is 10.1. The fourth-order valence-corrected chi connectivity index (χ4v) is 1.54. The number of H-pyrrole nitrogens is 1. The van der Waals surface area contributed by atoms with E-state index in [1.54, 1.807) is 4.68 Å². The molecule has 1 heterocycles. The summed E-state index contributed by atoms with van der Waals surface area (Å²) in [5.41, 5.74) is 2.21. The first-order chi connectivity index (χ1) is 7.22. The van der Waals surface area contributed by atoms with E-state index in [1.807, 2.05) is 39.1 Å². The van der Waals surface area contributed by atoms with Crippen molar-refractivity contribution in [2.45, 2.75) is 27.2 Å². The number of benzene rings is 1. The Balaban J connectivity index is 0.000000531. The van der Waals surface area contributed by atoms with Gasteiger partial charge in [0.05, 0.1) is 10.9 Å². The van der Waals surface area contributed by atoms with Crippen LogP contribution in [-0.2, 0) is 13.5 Å². The Kier molecular flexibility index (Phi) is 3.72. The number of hydrogen-bond donors (Lipinski definition) is 1. The molecular formula is C12H18N2O. The summed E-state index contributed by atoms with van der Waals surface area (Å²) in [5, 5.41) is 3.49. The molecule has 0 fully saturated rings. The summed E-state index contributed by atoms with van der Waals surface area (Å²) in [6.45, 7) is 6.10. The lowest BCUT2D eigenvalue weighted by Gasteiger charge is -1.97. The topological polar surface area (TPSA) is 37.8 Å². The minimum Gasteiger partial charge on any atom is -0.288 e. The molecule has 15 heavy (non-hydrogen) atoms. The third-order valence-corrected chi connectivity index (χ3v) is 2.35. The standard InChI is InChI=1S/C10H12N2O.C2H6/c1-3-7-4-5-8-9(6-7)12(2)11-10(8)13;1-2/h4-6H,3H2,1-2H3,(H,11,13);1-2H3. The van der Waals surface area contributed by atoms with Crippen molar-refractivity contribution >= 4 is 10.9 Å². The number of aromatic amines is 1. The van der Waals surface area contributed by atoms with Crippen LogP contribution < -0.4 is 5.56 Å². The van der Waals surface area contributed by atoms with Gasteiger partial charge in [-0.2, -0.15) is 0 Å². The van der Waals surface area contributed by atoms with E-state index in [0.717, 1.165) is 17.3 Å². The number of fused-ring (bicyclic) bond motifs is 1. The van der Waals surface area contributed by atoms with Gasteiger partial charge in [0.15, 0.2) is 0 Å². The van der Waals surface area contributed by atoms with E-state index in [2.05, 4.69) is 12.0 Å². The largest absolute Gasteiger partial charge is 0.288 e. The Labute approximate surface area is 89.7 Å². The highest BCUT2D eigenvalue weighted by molar-refractivity contribution is 5.79. The predicted octanol–water partition coefficient (Wildman–Crippen LogP) is 2.46. The van der Waals surface area contributed by atoms with Crippen molar-refractivity contribution in [3.8, 4) is 0 Å². The minimum atomic E-state index is -0.0137. The summed E-state index contributed by atoms with van der Waals surface area (Å²) in [6.07, 6.45) is 0.995. The number of aryl methyl sites for hydroxylation is 2. The van der Waals surface area contributed by atoms with Gasteiger partial charge in [-0.1, -0.05) is 26.8 Å². The van der Waals surface area contributed by atoms with Crippen molar-refractivity contribution in [2.75, 3.05) is 0 Å². The average Bonchev–Trinajstić information content (AvgIpc) is 2.57. The van der Waals surface area contributed by atoms with Crippen molar-refractivity contribution in [2.24, 2.45) is 7.05 Å². The fourth-order valence-electron chi connectivity index (χ4n) is 1.54. The molecule has 1 aromatic carbocycles. The molecule has 0 saturated heterocycles. The zero-order valence-electron chi connectivity index (χ0n) is 9.79. The maximum Gasteiger partial charge on any atom is 0.271 e. The highest BCUT2D eigenvalue weighted by Crippen LogP contribution is 2.11. The second-order valence-electron chi connectivity index (χ2n) is 3.20. The van der Waals surface area contributed by atoms with Gasteiger partial charge >= 0.3 is 0 Å². The molecule has 0 aliphatic rings. The Bertz CT molecular complexity index is 494. The molecule has 3 heteroatoms. The van der Waals surface area contributed by atoms with Crippen LogP contribution in [0.15, 0.2) is 23.0 Å². The van der Waals surface area contributed by atoms with E-state index in [-0.39, 0.29) is 5.56 Å². The molecule has 1 N–H and O–H groups in total. The lowest BCUT2D eigenvalue weighted by Crippen LogP contribution is -2.01. The number of hydrogen-bond acceptors (Lipinski definition) is 1. The fraction of sp³-hybridized carbons (Fsp3) is 0.417. The number of nitrogens with one attached hydrogen (secondary N) is 1. The summed E-state index contributed by atoms with van der Waals surface area (Å²) in [7, 11) is 1.85. The van der Waals surface area contributed by atoms with E-state index in [4.69, 9.17) is 0 Å². The first-order valence-corrected chi connectivity index (χ1v) is 5.40. The molecule has 0 aliphatic carbocycles. The number of rotatable bonds is 1. The average molecular weight is 206 g/mol. The molecule has 2 aromatic rings. The van der Waals surface area contributed by atoms with E-state index < -0.39 is 0 Å². The summed E-state index contributed by atoms with van der Waals surface area (Å²) in [6, 6.07) is 5.93. The molecule has 82 valence electrons. The van der Waals surface area contributed by atoms with Gasteiger partial charge in [-0.15, -0.1) is 0 Å². The van der Waals surface area contributed by atoms with E-state index in [0.29, 0.717) is 0 Å². The molecule has 0 bridgehead atoms. The van der Waals surface area contributed by atoms with Crippen LogP contribution in [0.4, 0.5) is 0 Å². The zero-order valence-corrected chi connectivity index (χ0v) is 9.79. The maximum absolute atomic E-state index is 11.3. The third-order valence-electron chi connectivity index (χ3n) is 2.35. The van der Waals surface area contributed by atoms with Crippen LogP contribution in [0.2, 0.25) is 0 Å². The molecule has 2 rings (SSSR count). The van der Waals surface area contributed by atoms with Gasteiger partial charge in [0.1, 0.15) is 0 Å². The number of nitrogens with zero attached hydrogens (tertiary/aromatic N) is 1. The first kappa shape index (κ1) is 11.6. The second kappa shape index (κ2) is 4.82. The smallest absolute Gasteiger partial charge is 0.271 e. The van der Waals surface area contributed by atoms with Crippen LogP contribution in [0.3, 0.4) is 0 Å². The van der Waals surface area contributed by atoms with Gasteiger partial charge in [0, 0.05) is 7.05 Å². The minimum absolute atomic E-state index is 0.0137. The molecule has 0 spiro atoms. The summed E-state index contributed by atoms with van der Waals surface area (Å²) >= 11 is 0. The van der Waals surface area contributed by atoms with Crippen LogP contribution in [-0.4, -0.2) is 9.78 Å². The highest BCUT2D eigenvalue weighted by atomic mass is 16.1. The normalized spacial score (nSPS) is 9.87. The van der Waals surface area contributed by atoms with Crippen molar-refractivity contribution in [1.29, 1.82) is 0 Å². The molecule has 0 atom stereocenters. The van der Waals surface area contributed by atoms with Gasteiger partial charge in [-0.25, -0.2) is 0 Å². The first-order valence-electron chi connectivity index (χ1n) is 5.40. The Morgan fingerprint density at radius 2 is 2.00 bits per heavy atom. The lowest BCUT2D eigenvalue weighted by molar-refractivity contribution is 0.783. The number of aromatic nitrogens is 2. The molecule has 0 amide bonds. The zero-order chi connectivity index (χ0) is 11.4. The van der Waals surface area contributed by atoms with Gasteiger partial charge in [-0.05, 0) is 24.1 Å². The van der Waals surface area contributed by atoms with E-state index in [1.165, 1.54) is 5.56 Å². The molecule has 3 nitrogen and oxygen atoms in total. The highest BCUT2D eigenvalue weighted by Gasteiger charge is 2.03. The van der Waals surface area contributed by atoms with Gasteiger partial charge < -0.3 is 0 Å². The Hall–Kier alpha value is -1.51. The van der Waals surface area contributed by atoms with E-state index in [9.17, 15) is 4.79 Å². The summed E-state index contributed by atoms with van der Waals surface area (Å²) in [4.78, 5) is 11.3. The molecule has 0 unspecified atom stereocenters. The van der Waals surface area contributed by atoms with Gasteiger partial charge in [0.25, 0.3) is 5.56 Å². The van der Waals surface area contributed by atoms with Crippen LogP contribution in [0.5, 0.6) is 0 Å². The van der Waals surface area contributed by atoms with E-state index >= 15 is 0 Å². The molecule has 1 aromatic heterocycles. The van der Waals surface area contributed by atoms with Gasteiger partial charge in [0.2, 0.25) is 0 Å². The summed E-state index contributed by atoms with van der Waals surface area (Å²) in [5.74, 6) is 0. The van der Waals surface area contributed by atoms with Crippen molar-refractivity contribution in [3.63, 3.8) is 0 Å².